The number of nitrogens with two attached hydrogens (primary N) is 1. The van der Waals surface area contributed by atoms with E-state index in [1.165, 1.54) is 0 Å². The van der Waals surface area contributed by atoms with E-state index < -0.39 is 0 Å². The number of hydrogen-bond donors (Lipinski definition) is 2. The molecule has 4 nitrogen and oxygen atoms in total. The fourth-order valence-corrected chi connectivity index (χ4v) is 1.42. The number of phenolic OH excluding ortho intramolecular Hbond substituents is 1. The van der Waals surface area contributed by atoms with Crippen molar-refractivity contribution in [3.05, 3.63) is 36.4 Å². The Hall–Kier alpha value is -2.23. The molecule has 16 heavy (non-hydrogen) atoms. The quantitative estimate of drug-likeness (QED) is 0.806. The summed E-state index contributed by atoms with van der Waals surface area (Å²) >= 11 is 0. The average Bonchev–Trinajstić information content (AvgIpc) is 2.31. The summed E-state index contributed by atoms with van der Waals surface area (Å²) in [5.41, 5.74) is 7.90. The number of phenols is 1. The van der Waals surface area contributed by atoms with E-state index in [1.54, 1.807) is 43.5 Å². The van der Waals surface area contributed by atoms with Crippen LogP contribution >= 0.6 is 0 Å². The lowest BCUT2D eigenvalue weighted by Gasteiger charge is -2.07. The van der Waals surface area contributed by atoms with Gasteiger partial charge in [0.05, 0.1) is 18.5 Å². The van der Waals surface area contributed by atoms with Crippen molar-refractivity contribution in [3.63, 3.8) is 0 Å². The number of aromatic nitrogens is 1. The van der Waals surface area contributed by atoms with Gasteiger partial charge in [0.1, 0.15) is 5.75 Å². The molecule has 0 saturated heterocycles. The van der Waals surface area contributed by atoms with Crippen molar-refractivity contribution in [3.8, 4) is 22.9 Å². The van der Waals surface area contributed by atoms with Gasteiger partial charge in [0.2, 0.25) is 5.88 Å². The number of aromatic hydroxyl groups is 1. The molecule has 4 heteroatoms. The summed E-state index contributed by atoms with van der Waals surface area (Å²) in [4.78, 5) is 4.26. The number of ether oxygens (including phenoxy) is 1. The molecule has 1 aromatic heterocycles. The van der Waals surface area contributed by atoms with E-state index in [2.05, 4.69) is 4.98 Å². The molecule has 3 N–H and O–H groups in total. The van der Waals surface area contributed by atoms with Gasteiger partial charge in [-0.25, -0.2) is 4.98 Å². The lowest BCUT2D eigenvalue weighted by Crippen LogP contribution is -1.95. The van der Waals surface area contributed by atoms with Crippen LogP contribution in [0, 0.1) is 0 Å². The normalized spacial score (nSPS) is 10.1. The van der Waals surface area contributed by atoms with Gasteiger partial charge in [-0.15, -0.1) is 0 Å². The van der Waals surface area contributed by atoms with Gasteiger partial charge in [-0.2, -0.15) is 0 Å². The number of pyridine rings is 1. The Kier molecular flexibility index (Phi) is 2.64. The minimum Gasteiger partial charge on any atom is -0.508 e. The third kappa shape index (κ3) is 1.91. The van der Waals surface area contributed by atoms with Crippen LogP contribution in [0.4, 0.5) is 5.69 Å². The summed E-state index contributed by atoms with van der Waals surface area (Å²) in [5.74, 6) is 0.725. The van der Waals surface area contributed by atoms with Crippen molar-refractivity contribution in [1.29, 1.82) is 0 Å². The fourth-order valence-electron chi connectivity index (χ4n) is 1.42. The van der Waals surface area contributed by atoms with Crippen LogP contribution in [-0.2, 0) is 0 Å². The van der Waals surface area contributed by atoms with E-state index in [9.17, 15) is 5.11 Å². The molecule has 0 unspecified atom stereocenters. The van der Waals surface area contributed by atoms with Gasteiger partial charge >= 0.3 is 0 Å². The summed E-state index contributed by atoms with van der Waals surface area (Å²) in [6.45, 7) is 0. The highest BCUT2D eigenvalue weighted by Gasteiger charge is 2.06. The first-order chi connectivity index (χ1) is 7.70. The van der Waals surface area contributed by atoms with Gasteiger partial charge < -0.3 is 15.6 Å². The number of hydrogen-bond acceptors (Lipinski definition) is 4. The predicted octanol–water partition coefficient (Wildman–Crippen LogP) is 2.04. The molecule has 0 aliphatic rings. The molecule has 0 amide bonds. The van der Waals surface area contributed by atoms with Crippen LogP contribution < -0.4 is 10.5 Å². The van der Waals surface area contributed by atoms with E-state index in [0.29, 0.717) is 17.3 Å². The molecule has 0 bridgehead atoms. The number of rotatable bonds is 2. The molecule has 0 aliphatic carbocycles. The van der Waals surface area contributed by atoms with Gasteiger partial charge in [-0.3, -0.25) is 0 Å². The van der Waals surface area contributed by atoms with Gasteiger partial charge in [-0.1, -0.05) is 0 Å². The van der Waals surface area contributed by atoms with Crippen molar-refractivity contribution in [2.45, 2.75) is 0 Å². The highest BCUT2D eigenvalue weighted by atomic mass is 16.5. The van der Waals surface area contributed by atoms with Crippen LogP contribution in [0.15, 0.2) is 36.4 Å². The molecule has 0 atom stereocenters. The SMILES string of the molecule is COc1ccc(N)c(-c2ccc(O)cc2)n1. The zero-order valence-electron chi connectivity index (χ0n) is 8.84. The maximum absolute atomic E-state index is 9.20. The third-order valence-corrected chi connectivity index (χ3v) is 2.25. The molecule has 0 aliphatic heterocycles. The van der Waals surface area contributed by atoms with Crippen molar-refractivity contribution in [2.75, 3.05) is 12.8 Å². The minimum absolute atomic E-state index is 0.213. The second-order valence-electron chi connectivity index (χ2n) is 3.34. The summed E-state index contributed by atoms with van der Waals surface area (Å²) in [6.07, 6.45) is 0. The zero-order chi connectivity index (χ0) is 11.5. The van der Waals surface area contributed by atoms with Crippen LogP contribution in [0.5, 0.6) is 11.6 Å². The lowest BCUT2D eigenvalue weighted by molar-refractivity contribution is 0.398. The van der Waals surface area contributed by atoms with Crippen LogP contribution in [0.25, 0.3) is 11.3 Å². The molecule has 0 radical (unpaired) electrons. The first-order valence-electron chi connectivity index (χ1n) is 4.80. The van der Waals surface area contributed by atoms with Gasteiger partial charge in [-0.05, 0) is 30.3 Å². The zero-order valence-corrected chi connectivity index (χ0v) is 8.84. The van der Waals surface area contributed by atoms with Crippen molar-refractivity contribution >= 4 is 5.69 Å². The molecule has 1 heterocycles. The van der Waals surface area contributed by atoms with E-state index >= 15 is 0 Å². The maximum Gasteiger partial charge on any atom is 0.213 e. The number of benzene rings is 1. The van der Waals surface area contributed by atoms with Crippen molar-refractivity contribution < 1.29 is 9.84 Å². The Labute approximate surface area is 93.3 Å². The number of methoxy groups -OCH3 is 1. The van der Waals surface area contributed by atoms with Crippen LogP contribution in [-0.4, -0.2) is 17.2 Å². The molecule has 82 valence electrons. The summed E-state index contributed by atoms with van der Waals surface area (Å²) in [5, 5.41) is 9.20. The van der Waals surface area contributed by atoms with E-state index in [1.807, 2.05) is 0 Å². The standard InChI is InChI=1S/C12H12N2O2/c1-16-11-7-6-10(13)12(14-11)8-2-4-9(15)5-3-8/h2-7,15H,13H2,1H3. The van der Waals surface area contributed by atoms with Gasteiger partial charge in [0.15, 0.2) is 0 Å². The molecular weight excluding hydrogens is 204 g/mol. The summed E-state index contributed by atoms with van der Waals surface area (Å²) < 4.78 is 5.04. The molecule has 0 spiro atoms. The monoisotopic (exact) mass is 216 g/mol. The Morgan fingerprint density at radius 3 is 2.44 bits per heavy atom. The Morgan fingerprint density at radius 2 is 1.81 bits per heavy atom. The summed E-state index contributed by atoms with van der Waals surface area (Å²) in [6, 6.07) is 10.2. The van der Waals surface area contributed by atoms with E-state index in [-0.39, 0.29) is 5.75 Å². The van der Waals surface area contributed by atoms with Crippen molar-refractivity contribution in [2.24, 2.45) is 0 Å². The number of nitrogen functional groups attached to an aromatic ring is 1. The Morgan fingerprint density at radius 1 is 1.12 bits per heavy atom. The highest BCUT2D eigenvalue weighted by molar-refractivity contribution is 5.73. The second-order valence-corrected chi connectivity index (χ2v) is 3.34. The topological polar surface area (TPSA) is 68.4 Å². The van der Waals surface area contributed by atoms with Gasteiger partial charge in [0, 0.05) is 11.6 Å². The second kappa shape index (κ2) is 4.10. The highest BCUT2D eigenvalue weighted by Crippen LogP contribution is 2.27. The molecule has 2 rings (SSSR count). The molecule has 0 saturated carbocycles. The van der Waals surface area contributed by atoms with Crippen LogP contribution in [0.1, 0.15) is 0 Å². The van der Waals surface area contributed by atoms with E-state index in [0.717, 1.165) is 5.56 Å². The number of anilines is 1. The minimum atomic E-state index is 0.213. The molecule has 2 aromatic rings. The first-order valence-corrected chi connectivity index (χ1v) is 4.80. The third-order valence-electron chi connectivity index (χ3n) is 2.25. The van der Waals surface area contributed by atoms with Gasteiger partial charge in [0.25, 0.3) is 0 Å². The average molecular weight is 216 g/mol. The lowest BCUT2D eigenvalue weighted by atomic mass is 10.1. The fraction of sp³-hybridized carbons (Fsp3) is 0.0833. The largest absolute Gasteiger partial charge is 0.508 e. The molecule has 0 fully saturated rings. The summed E-state index contributed by atoms with van der Waals surface area (Å²) in [7, 11) is 1.55. The molecular formula is C12H12N2O2. The van der Waals surface area contributed by atoms with E-state index in [4.69, 9.17) is 10.5 Å². The predicted molar refractivity (Wildman–Crippen MR) is 62.3 cm³/mol. The number of nitrogens with zero attached hydrogens (tertiary/aromatic N) is 1. The Balaban J connectivity index is 2.50. The maximum atomic E-state index is 9.20. The van der Waals surface area contributed by atoms with Crippen LogP contribution in [0.3, 0.4) is 0 Å². The smallest absolute Gasteiger partial charge is 0.213 e. The first kappa shape index (κ1) is 10.3. The molecule has 1 aromatic carbocycles. The van der Waals surface area contributed by atoms with Crippen LogP contribution in [0.2, 0.25) is 0 Å². The Bertz CT molecular complexity index is 495. The van der Waals surface area contributed by atoms with Crippen molar-refractivity contribution in [1.82, 2.24) is 4.98 Å².